The van der Waals surface area contributed by atoms with Crippen LogP contribution in [0.5, 0.6) is 0 Å². The Morgan fingerprint density at radius 2 is 2.19 bits per heavy atom. The van der Waals surface area contributed by atoms with Crippen LogP contribution in [-0.2, 0) is 10.3 Å². The first-order valence-corrected chi connectivity index (χ1v) is 6.10. The number of nitrogens with two attached hydrogens (primary N) is 1. The monoisotopic (exact) mass is 222 g/mol. The van der Waals surface area contributed by atoms with Crippen LogP contribution in [0.25, 0.3) is 0 Å². The number of aromatic nitrogens is 1. The molecule has 1 aliphatic carbocycles. The van der Waals surface area contributed by atoms with Gasteiger partial charge in [0.15, 0.2) is 0 Å². The lowest BCUT2D eigenvalue weighted by molar-refractivity contribution is 0.193. The Kier molecular flexibility index (Phi) is 2.48. The predicted molar refractivity (Wildman–Crippen MR) is 59.0 cm³/mol. The normalized spacial score (nSPS) is 28.7. The van der Waals surface area contributed by atoms with Gasteiger partial charge in [-0.25, -0.2) is 4.98 Å². The summed E-state index contributed by atoms with van der Waals surface area (Å²) in [5.41, 5.74) is 7.01. The largest absolute Gasteiger partial charge is 0.447 e. The van der Waals surface area contributed by atoms with Crippen molar-refractivity contribution in [1.82, 2.24) is 4.98 Å². The van der Waals surface area contributed by atoms with E-state index >= 15 is 0 Å². The van der Waals surface area contributed by atoms with Crippen LogP contribution in [-0.4, -0.2) is 18.2 Å². The Bertz CT molecular complexity index is 363. The minimum absolute atomic E-state index is 0.308. The highest BCUT2D eigenvalue weighted by Crippen LogP contribution is 2.36. The molecule has 2 aliphatic rings. The zero-order chi connectivity index (χ0) is 11.0. The molecule has 4 heteroatoms. The molecule has 0 spiro atoms. The van der Waals surface area contributed by atoms with Gasteiger partial charge in [0, 0.05) is 12.5 Å². The maximum Gasteiger partial charge on any atom is 0.214 e. The molecule has 16 heavy (non-hydrogen) atoms. The van der Waals surface area contributed by atoms with E-state index in [9.17, 15) is 0 Å². The minimum atomic E-state index is -0.308. The summed E-state index contributed by atoms with van der Waals surface area (Å²) in [4.78, 5) is 4.57. The van der Waals surface area contributed by atoms with Crippen molar-refractivity contribution in [3.8, 4) is 0 Å². The number of oxazole rings is 1. The molecule has 1 aromatic heterocycles. The lowest BCUT2D eigenvalue weighted by atomic mass is 9.99. The summed E-state index contributed by atoms with van der Waals surface area (Å²) >= 11 is 0. The molecule has 2 fully saturated rings. The van der Waals surface area contributed by atoms with Gasteiger partial charge in [-0.15, -0.1) is 0 Å². The fraction of sp³-hybridized carbons (Fsp3) is 0.750. The minimum Gasteiger partial charge on any atom is -0.447 e. The first-order valence-electron chi connectivity index (χ1n) is 6.10. The van der Waals surface area contributed by atoms with E-state index in [1.807, 2.05) is 0 Å². The molecule has 1 aliphatic heterocycles. The highest BCUT2D eigenvalue weighted by molar-refractivity contribution is 5.12. The molecule has 88 valence electrons. The number of ether oxygens (including phenoxy) is 1. The van der Waals surface area contributed by atoms with Crippen molar-refractivity contribution in [2.45, 2.75) is 43.6 Å². The number of rotatable bonds is 2. The third-order valence-electron chi connectivity index (χ3n) is 3.79. The molecule has 1 saturated heterocycles. The lowest BCUT2D eigenvalue weighted by Crippen LogP contribution is -2.33. The molecule has 3 rings (SSSR count). The van der Waals surface area contributed by atoms with E-state index in [-0.39, 0.29) is 5.54 Å². The summed E-state index contributed by atoms with van der Waals surface area (Å²) in [7, 11) is 0. The molecule has 0 amide bonds. The number of hydrogen-bond donors (Lipinski definition) is 1. The second kappa shape index (κ2) is 3.86. The van der Waals surface area contributed by atoms with E-state index in [1.165, 1.54) is 12.8 Å². The van der Waals surface area contributed by atoms with Gasteiger partial charge in [-0.3, -0.25) is 0 Å². The zero-order valence-corrected chi connectivity index (χ0v) is 9.45. The molecule has 1 atom stereocenters. The summed E-state index contributed by atoms with van der Waals surface area (Å²) in [5.74, 6) is 1.13. The molecule has 1 unspecified atom stereocenters. The summed E-state index contributed by atoms with van der Waals surface area (Å²) in [6.45, 7) is 1.60. The van der Waals surface area contributed by atoms with Crippen LogP contribution in [0.4, 0.5) is 0 Å². The lowest BCUT2D eigenvalue weighted by Gasteiger charge is -2.18. The van der Waals surface area contributed by atoms with E-state index in [2.05, 4.69) is 4.98 Å². The van der Waals surface area contributed by atoms with Crippen LogP contribution in [0, 0.1) is 0 Å². The number of nitrogens with zero attached hydrogens (tertiary/aromatic N) is 1. The van der Waals surface area contributed by atoms with E-state index in [4.69, 9.17) is 14.9 Å². The molecule has 0 aromatic carbocycles. The van der Waals surface area contributed by atoms with E-state index in [0.29, 0.717) is 5.92 Å². The van der Waals surface area contributed by atoms with Gasteiger partial charge in [0.2, 0.25) is 5.89 Å². The van der Waals surface area contributed by atoms with E-state index < -0.39 is 0 Å². The van der Waals surface area contributed by atoms with Crippen molar-refractivity contribution in [3.05, 3.63) is 17.8 Å². The fourth-order valence-electron chi connectivity index (χ4n) is 2.69. The molecule has 2 heterocycles. The van der Waals surface area contributed by atoms with Gasteiger partial charge < -0.3 is 14.9 Å². The SMILES string of the molecule is NC1(c2nc(C3CCOC3)co2)CCCC1. The van der Waals surface area contributed by atoms with Gasteiger partial charge in [-0.05, 0) is 19.3 Å². The van der Waals surface area contributed by atoms with Gasteiger partial charge in [0.1, 0.15) is 6.26 Å². The quantitative estimate of drug-likeness (QED) is 0.830. The standard InChI is InChI=1S/C12H18N2O2/c13-12(4-1-2-5-12)11-14-10(8-16-11)9-3-6-15-7-9/h8-9H,1-7,13H2. The third-order valence-corrected chi connectivity index (χ3v) is 3.79. The molecule has 0 bridgehead atoms. The van der Waals surface area contributed by atoms with Gasteiger partial charge in [0.25, 0.3) is 0 Å². The molecule has 2 N–H and O–H groups in total. The van der Waals surface area contributed by atoms with Crippen molar-refractivity contribution < 1.29 is 9.15 Å². The average molecular weight is 222 g/mol. The van der Waals surface area contributed by atoms with E-state index in [0.717, 1.165) is 44.1 Å². The van der Waals surface area contributed by atoms with Crippen LogP contribution in [0.2, 0.25) is 0 Å². The van der Waals surface area contributed by atoms with Crippen LogP contribution in [0.3, 0.4) is 0 Å². The molecule has 1 aromatic rings. The Balaban J connectivity index is 1.81. The maximum atomic E-state index is 6.30. The van der Waals surface area contributed by atoms with Crippen LogP contribution < -0.4 is 5.73 Å². The molecule has 4 nitrogen and oxygen atoms in total. The zero-order valence-electron chi connectivity index (χ0n) is 9.45. The van der Waals surface area contributed by atoms with Crippen molar-refractivity contribution in [1.29, 1.82) is 0 Å². The van der Waals surface area contributed by atoms with Crippen LogP contribution in [0.15, 0.2) is 10.7 Å². The van der Waals surface area contributed by atoms with Crippen molar-refractivity contribution >= 4 is 0 Å². The van der Waals surface area contributed by atoms with Gasteiger partial charge in [0.05, 0.1) is 17.8 Å². The summed E-state index contributed by atoms with van der Waals surface area (Å²) in [6.07, 6.45) is 7.16. The van der Waals surface area contributed by atoms with Gasteiger partial charge in [-0.1, -0.05) is 12.8 Å². The Labute approximate surface area is 95.2 Å². The predicted octanol–water partition coefficient (Wildman–Crippen LogP) is 1.91. The maximum absolute atomic E-state index is 6.30. The molecular weight excluding hydrogens is 204 g/mol. The Hall–Kier alpha value is -0.870. The summed E-state index contributed by atoms with van der Waals surface area (Å²) < 4.78 is 10.9. The first-order chi connectivity index (χ1) is 7.78. The highest BCUT2D eigenvalue weighted by atomic mass is 16.5. The number of hydrogen-bond acceptors (Lipinski definition) is 4. The van der Waals surface area contributed by atoms with E-state index in [1.54, 1.807) is 6.26 Å². The second-order valence-corrected chi connectivity index (χ2v) is 5.00. The third kappa shape index (κ3) is 1.66. The first kappa shape index (κ1) is 10.3. The van der Waals surface area contributed by atoms with Crippen LogP contribution in [0.1, 0.15) is 49.6 Å². The van der Waals surface area contributed by atoms with Crippen molar-refractivity contribution in [2.24, 2.45) is 5.73 Å². The van der Waals surface area contributed by atoms with Gasteiger partial charge >= 0.3 is 0 Å². The highest BCUT2D eigenvalue weighted by Gasteiger charge is 2.36. The fourth-order valence-corrected chi connectivity index (χ4v) is 2.69. The molecule has 1 saturated carbocycles. The van der Waals surface area contributed by atoms with Crippen molar-refractivity contribution in [3.63, 3.8) is 0 Å². The van der Waals surface area contributed by atoms with Crippen LogP contribution >= 0.6 is 0 Å². The summed E-state index contributed by atoms with van der Waals surface area (Å²) in [6, 6.07) is 0. The van der Waals surface area contributed by atoms with Gasteiger partial charge in [-0.2, -0.15) is 0 Å². The Morgan fingerprint density at radius 1 is 1.38 bits per heavy atom. The van der Waals surface area contributed by atoms with Crippen molar-refractivity contribution in [2.75, 3.05) is 13.2 Å². The Morgan fingerprint density at radius 3 is 2.88 bits per heavy atom. The summed E-state index contributed by atoms with van der Waals surface area (Å²) in [5, 5.41) is 0. The topological polar surface area (TPSA) is 61.3 Å². The second-order valence-electron chi connectivity index (χ2n) is 5.00. The smallest absolute Gasteiger partial charge is 0.214 e. The molecule has 0 radical (unpaired) electrons. The average Bonchev–Trinajstić information content (AvgIpc) is 2.98. The molecular formula is C12H18N2O2.